The Kier molecular flexibility index (Phi) is 3.99. The molecule has 0 aromatic carbocycles. The van der Waals surface area contributed by atoms with Crippen LogP contribution in [0.3, 0.4) is 0 Å². The van der Waals surface area contributed by atoms with Crippen LogP contribution in [0.15, 0.2) is 0 Å². The summed E-state index contributed by atoms with van der Waals surface area (Å²) in [5.41, 5.74) is 0. The molecule has 0 bridgehead atoms. The summed E-state index contributed by atoms with van der Waals surface area (Å²) in [5.74, 6) is 0. The van der Waals surface area contributed by atoms with Gasteiger partial charge in [-0.05, 0) is 13.3 Å². The normalized spacial score (nSPS) is 15.4. The molecule has 5 heteroatoms. The molecule has 0 amide bonds. The highest BCUT2D eigenvalue weighted by molar-refractivity contribution is 7.87. The van der Waals surface area contributed by atoms with E-state index < -0.39 is 10.2 Å². The molecule has 0 aromatic rings. The zero-order valence-corrected chi connectivity index (χ0v) is 8.27. The molecule has 0 aliphatic rings. The first kappa shape index (κ1) is 10.9. The van der Waals surface area contributed by atoms with Crippen LogP contribution in [-0.2, 0) is 10.2 Å². The lowest BCUT2D eigenvalue weighted by Crippen LogP contribution is -2.40. The number of hydrogen-bond donors (Lipinski definition) is 1. The maximum Gasteiger partial charge on any atom is 0.279 e. The minimum atomic E-state index is -3.23. The van der Waals surface area contributed by atoms with Gasteiger partial charge in [-0.25, -0.2) is 0 Å². The van der Waals surface area contributed by atoms with Gasteiger partial charge in [-0.3, -0.25) is 0 Å². The Labute approximate surface area is 68.8 Å². The van der Waals surface area contributed by atoms with Crippen molar-refractivity contribution in [1.82, 2.24) is 9.03 Å². The zero-order valence-electron chi connectivity index (χ0n) is 7.46. The molecule has 4 nitrogen and oxygen atoms in total. The highest BCUT2D eigenvalue weighted by Gasteiger charge is 2.14. The second kappa shape index (κ2) is 4.04. The lowest BCUT2D eigenvalue weighted by Gasteiger charge is -2.16. The van der Waals surface area contributed by atoms with Crippen molar-refractivity contribution in [2.45, 2.75) is 26.3 Å². The summed E-state index contributed by atoms with van der Waals surface area (Å²) in [6.07, 6.45) is 0.799. The van der Waals surface area contributed by atoms with Crippen molar-refractivity contribution in [3.63, 3.8) is 0 Å². The van der Waals surface area contributed by atoms with E-state index in [0.717, 1.165) is 6.42 Å². The quantitative estimate of drug-likeness (QED) is 0.671. The van der Waals surface area contributed by atoms with E-state index in [2.05, 4.69) is 4.72 Å². The van der Waals surface area contributed by atoms with Gasteiger partial charge in [-0.2, -0.15) is 17.4 Å². The van der Waals surface area contributed by atoms with E-state index in [-0.39, 0.29) is 6.04 Å². The van der Waals surface area contributed by atoms with Gasteiger partial charge in [0, 0.05) is 20.1 Å². The third kappa shape index (κ3) is 3.69. The molecule has 68 valence electrons. The minimum absolute atomic E-state index is 0.00222. The van der Waals surface area contributed by atoms with E-state index >= 15 is 0 Å². The molecule has 0 saturated carbocycles. The molecule has 1 N–H and O–H groups in total. The Bertz CT molecular complexity index is 199. The molecule has 0 aliphatic carbocycles. The van der Waals surface area contributed by atoms with Crippen molar-refractivity contribution >= 4 is 10.2 Å². The zero-order chi connectivity index (χ0) is 9.07. The van der Waals surface area contributed by atoms with Crippen LogP contribution in [0.1, 0.15) is 20.3 Å². The van der Waals surface area contributed by atoms with Gasteiger partial charge in [0.1, 0.15) is 0 Å². The van der Waals surface area contributed by atoms with Crippen LogP contribution < -0.4 is 4.72 Å². The first-order valence-electron chi connectivity index (χ1n) is 3.60. The Balaban J connectivity index is 4.15. The summed E-state index contributed by atoms with van der Waals surface area (Å²) in [4.78, 5) is 0. The predicted octanol–water partition coefficient (Wildman–Crippen LogP) is 0.181. The molecule has 0 aliphatic heterocycles. The van der Waals surface area contributed by atoms with Crippen LogP contribution in [0.25, 0.3) is 0 Å². The Hall–Kier alpha value is -0.130. The lowest BCUT2D eigenvalue weighted by molar-refractivity contribution is 0.489. The van der Waals surface area contributed by atoms with Crippen LogP contribution >= 0.6 is 0 Å². The molecular formula is C6H16N2O2S. The molecule has 0 heterocycles. The van der Waals surface area contributed by atoms with Crippen LogP contribution in [0, 0.1) is 0 Å². The fourth-order valence-corrected chi connectivity index (χ4v) is 1.33. The Morgan fingerprint density at radius 2 is 1.91 bits per heavy atom. The number of rotatable bonds is 4. The van der Waals surface area contributed by atoms with Crippen molar-refractivity contribution in [2.24, 2.45) is 0 Å². The highest BCUT2D eigenvalue weighted by Crippen LogP contribution is 1.94. The van der Waals surface area contributed by atoms with Gasteiger partial charge in [-0.1, -0.05) is 6.92 Å². The van der Waals surface area contributed by atoms with Gasteiger partial charge in [-0.15, -0.1) is 0 Å². The monoisotopic (exact) mass is 180 g/mol. The summed E-state index contributed by atoms with van der Waals surface area (Å²) in [6, 6.07) is 0.00222. The maximum atomic E-state index is 11.1. The molecular weight excluding hydrogens is 164 g/mol. The highest BCUT2D eigenvalue weighted by atomic mass is 32.2. The van der Waals surface area contributed by atoms with Gasteiger partial charge in [0.2, 0.25) is 0 Å². The average Bonchev–Trinajstić information content (AvgIpc) is 1.86. The molecule has 0 saturated heterocycles. The summed E-state index contributed by atoms with van der Waals surface area (Å²) in [7, 11) is -0.217. The first-order valence-corrected chi connectivity index (χ1v) is 5.04. The van der Waals surface area contributed by atoms with Crippen molar-refractivity contribution < 1.29 is 8.42 Å². The summed E-state index contributed by atoms with van der Waals surface area (Å²) in [5, 5.41) is 0. The molecule has 0 radical (unpaired) electrons. The Morgan fingerprint density at radius 3 is 2.18 bits per heavy atom. The average molecular weight is 180 g/mol. The lowest BCUT2D eigenvalue weighted by atomic mass is 10.3. The third-order valence-corrected chi connectivity index (χ3v) is 3.10. The second-order valence-corrected chi connectivity index (χ2v) is 4.63. The molecule has 0 rings (SSSR count). The first-order chi connectivity index (χ1) is 4.90. The minimum Gasteiger partial charge on any atom is -0.199 e. The van der Waals surface area contributed by atoms with Gasteiger partial charge in [0.15, 0.2) is 0 Å². The van der Waals surface area contributed by atoms with Crippen LogP contribution in [0.2, 0.25) is 0 Å². The van der Waals surface area contributed by atoms with Crippen molar-refractivity contribution in [1.29, 1.82) is 0 Å². The largest absolute Gasteiger partial charge is 0.279 e. The molecule has 1 atom stereocenters. The molecule has 1 unspecified atom stereocenters. The summed E-state index contributed by atoms with van der Waals surface area (Å²) < 4.78 is 25.9. The molecule has 11 heavy (non-hydrogen) atoms. The number of hydrogen-bond acceptors (Lipinski definition) is 2. The van der Waals surface area contributed by atoms with Crippen molar-refractivity contribution in [3.8, 4) is 0 Å². The smallest absolute Gasteiger partial charge is 0.199 e. The van der Waals surface area contributed by atoms with Crippen LogP contribution in [-0.4, -0.2) is 32.9 Å². The molecule has 0 fully saturated rings. The number of nitrogens with one attached hydrogen (secondary N) is 1. The van der Waals surface area contributed by atoms with E-state index in [0.29, 0.717) is 0 Å². The summed E-state index contributed by atoms with van der Waals surface area (Å²) in [6.45, 7) is 3.77. The van der Waals surface area contributed by atoms with E-state index in [9.17, 15) is 8.42 Å². The van der Waals surface area contributed by atoms with Crippen LogP contribution in [0.4, 0.5) is 0 Å². The second-order valence-electron chi connectivity index (χ2n) is 2.71. The third-order valence-electron chi connectivity index (χ3n) is 1.44. The van der Waals surface area contributed by atoms with Gasteiger partial charge >= 0.3 is 0 Å². The number of nitrogens with zero attached hydrogens (tertiary/aromatic N) is 1. The van der Waals surface area contributed by atoms with Crippen molar-refractivity contribution in [2.75, 3.05) is 14.1 Å². The van der Waals surface area contributed by atoms with Gasteiger partial charge in [0.25, 0.3) is 10.2 Å². The molecule has 0 spiro atoms. The maximum absolute atomic E-state index is 11.1. The fourth-order valence-electron chi connectivity index (χ4n) is 0.443. The van der Waals surface area contributed by atoms with Crippen LogP contribution in [0.5, 0.6) is 0 Å². The summed E-state index contributed by atoms with van der Waals surface area (Å²) >= 11 is 0. The van der Waals surface area contributed by atoms with Gasteiger partial charge < -0.3 is 0 Å². The standard InChI is InChI=1S/C6H16N2O2S/c1-5-6(2)7-11(9,10)8(3)4/h6-7H,5H2,1-4H3. The van der Waals surface area contributed by atoms with E-state index in [1.54, 1.807) is 0 Å². The van der Waals surface area contributed by atoms with E-state index in [1.807, 2.05) is 13.8 Å². The van der Waals surface area contributed by atoms with Gasteiger partial charge in [0.05, 0.1) is 0 Å². The predicted molar refractivity (Wildman–Crippen MR) is 45.5 cm³/mol. The fraction of sp³-hybridized carbons (Fsp3) is 1.00. The van der Waals surface area contributed by atoms with Crippen molar-refractivity contribution in [3.05, 3.63) is 0 Å². The van der Waals surface area contributed by atoms with E-state index in [1.165, 1.54) is 18.4 Å². The topological polar surface area (TPSA) is 49.4 Å². The Morgan fingerprint density at radius 1 is 1.45 bits per heavy atom. The van der Waals surface area contributed by atoms with E-state index in [4.69, 9.17) is 0 Å². The SMILES string of the molecule is CCC(C)NS(=O)(=O)N(C)C. The molecule has 0 aromatic heterocycles.